The predicted molar refractivity (Wildman–Crippen MR) is 54.4 cm³/mol. The highest BCUT2D eigenvalue weighted by molar-refractivity contribution is 5.89. The molecular weight excluding hydrogens is 194 g/mol. The molecule has 0 atom stereocenters. The van der Waals surface area contributed by atoms with E-state index < -0.39 is 5.97 Å². The highest BCUT2D eigenvalue weighted by Crippen LogP contribution is 2.31. The zero-order valence-electron chi connectivity index (χ0n) is 8.62. The molecule has 0 saturated heterocycles. The van der Waals surface area contributed by atoms with Gasteiger partial charge in [-0.25, -0.2) is 9.78 Å². The van der Waals surface area contributed by atoms with Crippen molar-refractivity contribution in [3.05, 3.63) is 23.0 Å². The van der Waals surface area contributed by atoms with Gasteiger partial charge in [0.15, 0.2) is 11.4 Å². The van der Waals surface area contributed by atoms with Crippen molar-refractivity contribution >= 4 is 5.97 Å². The lowest BCUT2D eigenvalue weighted by molar-refractivity contribution is 0.0686. The molecule has 0 aliphatic heterocycles. The van der Waals surface area contributed by atoms with Crippen molar-refractivity contribution in [1.29, 1.82) is 0 Å². The number of hydrogen-bond acceptors (Lipinski definition) is 3. The Morgan fingerprint density at radius 3 is 2.87 bits per heavy atom. The average Bonchev–Trinajstić information content (AvgIpc) is 2.27. The van der Waals surface area contributed by atoms with Crippen LogP contribution in [0.5, 0.6) is 5.75 Å². The molecule has 0 radical (unpaired) electrons. The van der Waals surface area contributed by atoms with Gasteiger partial charge in [-0.1, -0.05) is 0 Å². The predicted octanol–water partition coefficient (Wildman–Crippen LogP) is 1.67. The number of carbonyl (C=O) groups is 1. The molecule has 80 valence electrons. The van der Waals surface area contributed by atoms with Crippen LogP contribution in [-0.4, -0.2) is 23.2 Å². The lowest BCUT2D eigenvalue weighted by Crippen LogP contribution is -2.11. The summed E-state index contributed by atoms with van der Waals surface area (Å²) >= 11 is 0. The Bertz CT molecular complexity index is 401. The van der Waals surface area contributed by atoms with Crippen molar-refractivity contribution in [1.82, 2.24) is 4.98 Å². The standard InChI is InChI=1S/C11H13NO3/c1-15-10-8-5-3-2-4-7(8)6-12-9(10)11(13)14/h6H,2-5H2,1H3,(H,13,14). The van der Waals surface area contributed by atoms with Crippen LogP contribution in [0, 0.1) is 0 Å². The van der Waals surface area contributed by atoms with E-state index in [4.69, 9.17) is 9.84 Å². The molecule has 0 unspecified atom stereocenters. The summed E-state index contributed by atoms with van der Waals surface area (Å²) in [5.41, 5.74) is 2.18. The van der Waals surface area contributed by atoms with Gasteiger partial charge in [-0.3, -0.25) is 0 Å². The molecule has 1 aliphatic carbocycles. The van der Waals surface area contributed by atoms with Crippen LogP contribution in [0.2, 0.25) is 0 Å². The number of pyridine rings is 1. The second-order valence-corrected chi connectivity index (χ2v) is 3.66. The first-order chi connectivity index (χ1) is 7.24. The normalized spacial score (nSPS) is 14.5. The largest absolute Gasteiger partial charge is 0.494 e. The van der Waals surface area contributed by atoms with Crippen LogP contribution in [0.4, 0.5) is 0 Å². The van der Waals surface area contributed by atoms with Gasteiger partial charge < -0.3 is 9.84 Å². The lowest BCUT2D eigenvalue weighted by Gasteiger charge is -2.18. The van der Waals surface area contributed by atoms with Gasteiger partial charge in [0.1, 0.15) is 0 Å². The number of carboxylic acid groups (broad SMARTS) is 1. The quantitative estimate of drug-likeness (QED) is 0.801. The fraction of sp³-hybridized carbons (Fsp3) is 0.455. The van der Waals surface area contributed by atoms with Gasteiger partial charge in [0, 0.05) is 11.8 Å². The minimum atomic E-state index is -1.03. The monoisotopic (exact) mass is 207 g/mol. The lowest BCUT2D eigenvalue weighted by atomic mass is 9.92. The van der Waals surface area contributed by atoms with Crippen molar-refractivity contribution < 1.29 is 14.6 Å². The molecular formula is C11H13NO3. The maximum absolute atomic E-state index is 10.9. The van der Waals surface area contributed by atoms with Crippen molar-refractivity contribution in [3.63, 3.8) is 0 Å². The first-order valence-corrected chi connectivity index (χ1v) is 5.02. The fourth-order valence-corrected chi connectivity index (χ4v) is 2.05. The third-order valence-corrected chi connectivity index (χ3v) is 2.76. The molecule has 1 aliphatic rings. The minimum absolute atomic E-state index is 0.0261. The average molecular weight is 207 g/mol. The van der Waals surface area contributed by atoms with Gasteiger partial charge in [-0.2, -0.15) is 0 Å². The topological polar surface area (TPSA) is 59.4 Å². The summed E-state index contributed by atoms with van der Waals surface area (Å²) in [6.07, 6.45) is 5.76. The van der Waals surface area contributed by atoms with Gasteiger partial charge in [0.05, 0.1) is 7.11 Å². The molecule has 4 nitrogen and oxygen atoms in total. The second-order valence-electron chi connectivity index (χ2n) is 3.66. The molecule has 0 spiro atoms. The van der Waals surface area contributed by atoms with E-state index in [2.05, 4.69) is 4.98 Å². The van der Waals surface area contributed by atoms with E-state index in [1.54, 1.807) is 6.20 Å². The second kappa shape index (κ2) is 3.88. The maximum Gasteiger partial charge on any atom is 0.358 e. The Hall–Kier alpha value is -1.58. The summed E-state index contributed by atoms with van der Waals surface area (Å²) in [6, 6.07) is 0. The van der Waals surface area contributed by atoms with Crippen LogP contribution in [0.1, 0.15) is 34.5 Å². The van der Waals surface area contributed by atoms with E-state index in [9.17, 15) is 4.79 Å². The summed E-state index contributed by atoms with van der Waals surface area (Å²) in [5, 5.41) is 8.96. The van der Waals surface area contributed by atoms with Crippen LogP contribution in [0.3, 0.4) is 0 Å². The molecule has 1 heterocycles. The number of nitrogens with zero attached hydrogens (tertiary/aromatic N) is 1. The molecule has 15 heavy (non-hydrogen) atoms. The minimum Gasteiger partial charge on any atom is -0.494 e. The highest BCUT2D eigenvalue weighted by Gasteiger charge is 2.21. The zero-order chi connectivity index (χ0) is 10.8. The first-order valence-electron chi connectivity index (χ1n) is 5.02. The number of fused-ring (bicyclic) bond motifs is 1. The van der Waals surface area contributed by atoms with E-state index >= 15 is 0 Å². The van der Waals surface area contributed by atoms with Crippen molar-refractivity contribution in [2.45, 2.75) is 25.7 Å². The molecule has 0 amide bonds. The molecule has 1 N–H and O–H groups in total. The number of hydrogen-bond donors (Lipinski definition) is 1. The van der Waals surface area contributed by atoms with Gasteiger partial charge in [0.25, 0.3) is 0 Å². The number of aromatic nitrogens is 1. The van der Waals surface area contributed by atoms with Crippen LogP contribution in [0.15, 0.2) is 6.20 Å². The Kier molecular flexibility index (Phi) is 2.58. The Morgan fingerprint density at radius 2 is 2.20 bits per heavy atom. The van der Waals surface area contributed by atoms with E-state index in [0.29, 0.717) is 5.75 Å². The van der Waals surface area contributed by atoms with Gasteiger partial charge in [-0.15, -0.1) is 0 Å². The fourth-order valence-electron chi connectivity index (χ4n) is 2.05. The van der Waals surface area contributed by atoms with Gasteiger partial charge >= 0.3 is 5.97 Å². The molecule has 1 aromatic heterocycles. The molecule has 0 saturated carbocycles. The first kappa shape index (κ1) is 9.96. The van der Waals surface area contributed by atoms with E-state index in [-0.39, 0.29) is 5.69 Å². The number of aryl methyl sites for hydroxylation is 1. The van der Waals surface area contributed by atoms with Crippen LogP contribution in [0.25, 0.3) is 0 Å². The van der Waals surface area contributed by atoms with E-state index in [0.717, 1.165) is 36.8 Å². The molecule has 4 heteroatoms. The summed E-state index contributed by atoms with van der Waals surface area (Å²) in [5.74, 6) is -0.583. The Labute approximate surface area is 87.9 Å². The van der Waals surface area contributed by atoms with Crippen molar-refractivity contribution in [2.24, 2.45) is 0 Å². The molecule has 1 aromatic rings. The number of aromatic carboxylic acids is 1. The highest BCUT2D eigenvalue weighted by atomic mass is 16.5. The van der Waals surface area contributed by atoms with E-state index in [1.807, 2.05) is 0 Å². The number of rotatable bonds is 2. The summed E-state index contributed by atoms with van der Waals surface area (Å²) in [7, 11) is 1.50. The Morgan fingerprint density at radius 1 is 1.47 bits per heavy atom. The number of ether oxygens (including phenoxy) is 1. The molecule has 2 rings (SSSR count). The smallest absolute Gasteiger partial charge is 0.358 e. The van der Waals surface area contributed by atoms with Crippen molar-refractivity contribution in [3.8, 4) is 5.75 Å². The van der Waals surface area contributed by atoms with Gasteiger partial charge in [0.2, 0.25) is 0 Å². The van der Waals surface area contributed by atoms with E-state index in [1.165, 1.54) is 7.11 Å². The maximum atomic E-state index is 10.9. The van der Waals surface area contributed by atoms with Gasteiger partial charge in [-0.05, 0) is 31.2 Å². The Balaban J connectivity index is 2.56. The summed E-state index contributed by atoms with van der Waals surface area (Å²) in [4.78, 5) is 14.9. The van der Waals surface area contributed by atoms with Crippen LogP contribution >= 0.6 is 0 Å². The number of carboxylic acids is 1. The molecule has 0 aromatic carbocycles. The van der Waals surface area contributed by atoms with Crippen LogP contribution < -0.4 is 4.74 Å². The van der Waals surface area contributed by atoms with Crippen LogP contribution in [-0.2, 0) is 12.8 Å². The summed E-state index contributed by atoms with van der Waals surface area (Å²) in [6.45, 7) is 0. The SMILES string of the molecule is COc1c(C(=O)O)ncc2c1CCCC2. The molecule has 0 bridgehead atoms. The molecule has 0 fully saturated rings. The number of methoxy groups -OCH3 is 1. The summed E-state index contributed by atoms with van der Waals surface area (Å²) < 4.78 is 5.16. The third kappa shape index (κ3) is 1.67. The third-order valence-electron chi connectivity index (χ3n) is 2.76. The van der Waals surface area contributed by atoms with Crippen molar-refractivity contribution in [2.75, 3.05) is 7.11 Å². The zero-order valence-corrected chi connectivity index (χ0v) is 8.62.